The summed E-state index contributed by atoms with van der Waals surface area (Å²) < 4.78 is 18.2. The quantitative estimate of drug-likeness (QED) is 0.832. The summed E-state index contributed by atoms with van der Waals surface area (Å²) in [6.45, 7) is 6.87. The van der Waals surface area contributed by atoms with Crippen molar-refractivity contribution in [1.82, 2.24) is 15.3 Å². The number of amides is 1. The molecule has 24 heavy (non-hydrogen) atoms. The number of hydrogen-bond acceptors (Lipinski definition) is 7. The van der Waals surface area contributed by atoms with E-state index in [9.17, 15) is 9.18 Å². The van der Waals surface area contributed by atoms with Crippen molar-refractivity contribution in [2.75, 3.05) is 23.7 Å². The highest BCUT2D eigenvalue weighted by atomic mass is 32.2. The third-order valence-corrected chi connectivity index (χ3v) is 4.70. The zero-order valence-electron chi connectivity index (χ0n) is 13.8. The Morgan fingerprint density at radius 3 is 2.75 bits per heavy atom. The van der Waals surface area contributed by atoms with Gasteiger partial charge >= 0.3 is 6.09 Å². The number of aromatic nitrogens is 2. The van der Waals surface area contributed by atoms with Crippen LogP contribution in [0.15, 0.2) is 17.4 Å². The van der Waals surface area contributed by atoms with Gasteiger partial charge in [-0.05, 0) is 20.8 Å². The second-order valence-electron chi connectivity index (χ2n) is 6.81. The molecule has 1 aromatic heterocycles. The molecule has 3 heterocycles. The molecule has 0 aliphatic carbocycles. The third kappa shape index (κ3) is 4.14. The van der Waals surface area contributed by atoms with Crippen molar-refractivity contribution in [3.05, 3.63) is 18.2 Å². The fourth-order valence-corrected chi connectivity index (χ4v) is 3.69. The van der Waals surface area contributed by atoms with Gasteiger partial charge in [0.05, 0.1) is 18.4 Å². The predicted octanol–water partition coefficient (Wildman–Crippen LogP) is 2.05. The van der Waals surface area contributed by atoms with Crippen LogP contribution in [0.2, 0.25) is 0 Å². The number of ether oxygens (including phenoxy) is 1. The van der Waals surface area contributed by atoms with Crippen LogP contribution < -0.4 is 10.2 Å². The number of aliphatic imine (C=N–C) groups is 1. The number of nitrogens with zero attached hydrogens (tertiary/aromatic N) is 4. The van der Waals surface area contributed by atoms with E-state index in [0.29, 0.717) is 23.6 Å². The Morgan fingerprint density at radius 2 is 2.08 bits per heavy atom. The lowest BCUT2D eigenvalue weighted by atomic mass is 10.1. The summed E-state index contributed by atoms with van der Waals surface area (Å²) in [7, 11) is 0. The first-order valence-corrected chi connectivity index (χ1v) is 8.72. The van der Waals surface area contributed by atoms with Crippen molar-refractivity contribution < 1.29 is 13.9 Å². The van der Waals surface area contributed by atoms with Gasteiger partial charge in [0, 0.05) is 24.8 Å². The second-order valence-corrected chi connectivity index (χ2v) is 7.81. The summed E-state index contributed by atoms with van der Waals surface area (Å²) in [5, 5.41) is 3.28. The Bertz CT molecular complexity index is 646. The van der Waals surface area contributed by atoms with Gasteiger partial charge in [-0.1, -0.05) is 11.8 Å². The first-order valence-electron chi connectivity index (χ1n) is 7.73. The zero-order chi connectivity index (χ0) is 17.3. The molecule has 7 nitrogen and oxygen atoms in total. The van der Waals surface area contributed by atoms with E-state index in [0.717, 1.165) is 24.7 Å². The van der Waals surface area contributed by atoms with Crippen LogP contribution in [0.1, 0.15) is 20.8 Å². The maximum atomic E-state index is 12.9. The molecule has 9 heteroatoms. The summed E-state index contributed by atoms with van der Waals surface area (Å²) >= 11 is 1.50. The molecule has 0 saturated carbocycles. The minimum absolute atomic E-state index is 0.0600. The molecule has 1 aromatic rings. The number of hydrogen-bond donors (Lipinski definition) is 1. The number of nitrogens with one attached hydrogen (secondary N) is 1. The van der Waals surface area contributed by atoms with Crippen LogP contribution in [0.3, 0.4) is 0 Å². The highest BCUT2D eigenvalue weighted by molar-refractivity contribution is 8.13. The van der Waals surface area contributed by atoms with E-state index in [4.69, 9.17) is 4.74 Å². The number of amidine groups is 1. The minimum Gasteiger partial charge on any atom is -0.444 e. The lowest BCUT2D eigenvalue weighted by molar-refractivity contribution is 0.0564. The van der Waals surface area contributed by atoms with Crippen LogP contribution in [0.25, 0.3) is 0 Å². The van der Waals surface area contributed by atoms with Gasteiger partial charge in [0.25, 0.3) is 0 Å². The molecule has 0 aromatic carbocycles. The average Bonchev–Trinajstić information content (AvgIpc) is 2.89. The summed E-state index contributed by atoms with van der Waals surface area (Å²) in [6, 6.07) is 0.0600. The Kier molecular flexibility index (Phi) is 4.62. The number of carbonyl (C=O) groups excluding carboxylic acids is 1. The maximum Gasteiger partial charge on any atom is 0.413 e. The molecule has 1 unspecified atom stereocenters. The normalized spacial score (nSPS) is 23.5. The molecule has 1 fully saturated rings. The summed E-state index contributed by atoms with van der Waals surface area (Å²) in [6.07, 6.45) is 1.83. The van der Waals surface area contributed by atoms with Gasteiger partial charge in [0.2, 0.25) is 5.95 Å². The molecule has 2 aliphatic rings. The van der Waals surface area contributed by atoms with E-state index in [2.05, 4.69) is 20.3 Å². The first-order chi connectivity index (χ1) is 11.3. The molecule has 2 atom stereocenters. The molecule has 130 valence electrons. The zero-order valence-corrected chi connectivity index (χ0v) is 14.6. The number of carbonyl (C=O) groups is 1. The lowest BCUT2D eigenvalue weighted by Crippen LogP contribution is -2.38. The Morgan fingerprint density at radius 1 is 1.38 bits per heavy atom. The number of fused-ring (bicyclic) bond motifs is 1. The Labute approximate surface area is 144 Å². The fraction of sp³-hybridized carbons (Fsp3) is 0.600. The van der Waals surface area contributed by atoms with Gasteiger partial charge in [-0.3, -0.25) is 10.3 Å². The Balaban J connectivity index is 1.62. The van der Waals surface area contributed by atoms with Gasteiger partial charge in [-0.15, -0.1) is 0 Å². The molecule has 0 bridgehead atoms. The molecule has 1 saturated heterocycles. The van der Waals surface area contributed by atoms with Crippen molar-refractivity contribution >= 4 is 29.0 Å². The summed E-state index contributed by atoms with van der Waals surface area (Å²) in [5.41, 5.74) is -0.545. The van der Waals surface area contributed by atoms with E-state index >= 15 is 0 Å². The second kappa shape index (κ2) is 6.54. The molecule has 1 amide bonds. The predicted molar refractivity (Wildman–Crippen MR) is 90.7 cm³/mol. The van der Waals surface area contributed by atoms with Crippen LogP contribution in [0.5, 0.6) is 0 Å². The number of rotatable bonds is 1. The topological polar surface area (TPSA) is 79.7 Å². The summed E-state index contributed by atoms with van der Waals surface area (Å²) in [4.78, 5) is 26.5. The van der Waals surface area contributed by atoms with Crippen LogP contribution in [0, 0.1) is 11.7 Å². The molecule has 0 radical (unpaired) electrons. The minimum atomic E-state index is -0.545. The van der Waals surface area contributed by atoms with Crippen LogP contribution in [-0.2, 0) is 4.74 Å². The monoisotopic (exact) mass is 353 g/mol. The van der Waals surface area contributed by atoms with E-state index in [1.165, 1.54) is 11.8 Å². The molecule has 3 rings (SSSR count). The number of alkyl carbamates (subject to hydrolysis) is 1. The Hall–Kier alpha value is -1.90. The van der Waals surface area contributed by atoms with Gasteiger partial charge in [-0.2, -0.15) is 0 Å². The van der Waals surface area contributed by atoms with Crippen molar-refractivity contribution in [2.24, 2.45) is 10.9 Å². The van der Waals surface area contributed by atoms with Crippen molar-refractivity contribution in [3.63, 3.8) is 0 Å². The average molecular weight is 353 g/mol. The van der Waals surface area contributed by atoms with Gasteiger partial charge in [-0.25, -0.2) is 19.2 Å². The molecule has 2 aliphatic heterocycles. The fourth-order valence-electron chi connectivity index (χ4n) is 2.63. The standard InChI is InChI=1S/C15H20FN5O2S/c1-15(2,3)23-14(22)20-13-19-11-7-21(6-9(11)8-24-13)12-17-4-10(16)5-18-12/h4-5,9,11H,6-8H2,1-3H3,(H,19,20,22)/t9-,11?/m0/s1. The molecule has 1 N–H and O–H groups in total. The maximum absolute atomic E-state index is 12.9. The van der Waals surface area contributed by atoms with Crippen molar-refractivity contribution in [3.8, 4) is 0 Å². The largest absolute Gasteiger partial charge is 0.444 e. The number of anilines is 1. The lowest BCUT2D eigenvalue weighted by Gasteiger charge is -2.23. The van der Waals surface area contributed by atoms with E-state index in [1.54, 1.807) is 0 Å². The highest BCUT2D eigenvalue weighted by Crippen LogP contribution is 2.30. The summed E-state index contributed by atoms with van der Waals surface area (Å²) in [5.74, 6) is 1.25. The first kappa shape index (κ1) is 16.9. The van der Waals surface area contributed by atoms with E-state index in [1.807, 2.05) is 25.7 Å². The van der Waals surface area contributed by atoms with Gasteiger partial charge in [0.15, 0.2) is 11.0 Å². The third-order valence-electron chi connectivity index (χ3n) is 3.62. The van der Waals surface area contributed by atoms with Crippen LogP contribution >= 0.6 is 11.8 Å². The van der Waals surface area contributed by atoms with E-state index < -0.39 is 17.5 Å². The van der Waals surface area contributed by atoms with Gasteiger partial charge < -0.3 is 9.64 Å². The SMILES string of the molecule is CC(C)(C)OC(=O)NC1=NC2CN(c3ncc(F)cn3)C[C@H]2CS1. The van der Waals surface area contributed by atoms with Crippen LogP contribution in [-0.4, -0.2) is 51.7 Å². The van der Waals surface area contributed by atoms with E-state index in [-0.39, 0.29) is 6.04 Å². The number of thioether (sulfide) groups is 1. The molecular formula is C15H20FN5O2S. The van der Waals surface area contributed by atoms with Gasteiger partial charge in [0.1, 0.15) is 5.60 Å². The van der Waals surface area contributed by atoms with Crippen molar-refractivity contribution in [1.29, 1.82) is 0 Å². The number of halogens is 1. The molecule has 0 spiro atoms. The highest BCUT2D eigenvalue weighted by Gasteiger charge is 2.37. The molecular weight excluding hydrogens is 333 g/mol. The van der Waals surface area contributed by atoms with Crippen molar-refractivity contribution in [2.45, 2.75) is 32.4 Å². The smallest absolute Gasteiger partial charge is 0.413 e. The van der Waals surface area contributed by atoms with Crippen LogP contribution in [0.4, 0.5) is 15.1 Å².